The van der Waals surface area contributed by atoms with Gasteiger partial charge < -0.3 is 10.6 Å². The maximum Gasteiger partial charge on any atom is 0.244 e. The molecule has 4 rings (SSSR count). The van der Waals surface area contributed by atoms with Crippen molar-refractivity contribution in [3.05, 3.63) is 58.5 Å². The summed E-state index contributed by atoms with van der Waals surface area (Å²) in [5.41, 5.74) is 11.7. The predicted molar refractivity (Wildman–Crippen MR) is 123 cm³/mol. The van der Waals surface area contributed by atoms with Gasteiger partial charge in [-0.2, -0.15) is 10.2 Å². The molecule has 0 saturated carbocycles. The maximum atomic E-state index is 13.3. The molecule has 1 aromatic carbocycles. The van der Waals surface area contributed by atoms with E-state index in [0.29, 0.717) is 24.5 Å². The van der Waals surface area contributed by atoms with E-state index in [-0.39, 0.29) is 24.2 Å². The van der Waals surface area contributed by atoms with Gasteiger partial charge >= 0.3 is 0 Å². The highest BCUT2D eigenvalue weighted by atomic mass is 16.2. The van der Waals surface area contributed by atoms with E-state index >= 15 is 0 Å². The molecule has 2 N–H and O–H groups in total. The smallest absolute Gasteiger partial charge is 0.244 e. The Bertz CT molecular complexity index is 1160. The average Bonchev–Trinajstić information content (AvgIpc) is 3.28. The third-order valence-corrected chi connectivity index (χ3v) is 6.52. The number of nitrogens with two attached hydrogens (primary N) is 1. The number of Topliss-reactive ketones (excluding diaryl/α,β-unsaturated/α-hetero) is 1. The highest BCUT2D eigenvalue weighted by molar-refractivity contribution is 6.02. The third kappa shape index (κ3) is 4.04. The van der Waals surface area contributed by atoms with Crippen molar-refractivity contribution in [2.45, 2.75) is 47.1 Å². The molecule has 1 aliphatic rings. The number of hydrogen-bond donors (Lipinski definition) is 1. The standard InChI is InChI=1S/C24H30N6O2/c1-15-7-9-20(10-8-15)30-24(25)21(12-26-30)23(32)19-6-5-11-28(13-19)22(31)14-29-18(4)16(2)17(3)27-29/h7-10,12,19H,5-6,11,13-14,25H2,1-4H3/t19-/m0/s1. The molecule has 0 bridgehead atoms. The van der Waals surface area contributed by atoms with E-state index in [1.807, 2.05) is 52.0 Å². The van der Waals surface area contributed by atoms with Crippen molar-refractivity contribution < 1.29 is 9.59 Å². The summed E-state index contributed by atoms with van der Waals surface area (Å²) in [5.74, 6) is -0.0231. The van der Waals surface area contributed by atoms with Gasteiger partial charge in [0.15, 0.2) is 5.78 Å². The van der Waals surface area contributed by atoms with Crippen LogP contribution in [0.3, 0.4) is 0 Å². The molecule has 0 radical (unpaired) electrons. The Labute approximate surface area is 188 Å². The van der Waals surface area contributed by atoms with Crippen molar-refractivity contribution in [1.82, 2.24) is 24.5 Å². The number of carbonyl (C=O) groups excluding carboxylic acids is 2. The number of rotatable bonds is 5. The quantitative estimate of drug-likeness (QED) is 0.623. The van der Waals surface area contributed by atoms with E-state index in [1.54, 1.807) is 14.3 Å². The summed E-state index contributed by atoms with van der Waals surface area (Å²) in [5, 5.41) is 8.81. The Balaban J connectivity index is 1.47. The number of carbonyl (C=O) groups is 2. The maximum absolute atomic E-state index is 13.3. The van der Waals surface area contributed by atoms with Gasteiger partial charge in [0, 0.05) is 24.7 Å². The van der Waals surface area contributed by atoms with E-state index in [4.69, 9.17) is 5.73 Å². The second-order valence-corrected chi connectivity index (χ2v) is 8.69. The molecule has 1 aliphatic heterocycles. The zero-order chi connectivity index (χ0) is 23.0. The van der Waals surface area contributed by atoms with Crippen molar-refractivity contribution in [1.29, 1.82) is 0 Å². The van der Waals surface area contributed by atoms with Gasteiger partial charge in [0.1, 0.15) is 12.4 Å². The van der Waals surface area contributed by atoms with Crippen LogP contribution in [0.4, 0.5) is 5.82 Å². The van der Waals surface area contributed by atoms with E-state index in [9.17, 15) is 9.59 Å². The molecule has 2 aromatic heterocycles. The van der Waals surface area contributed by atoms with Crippen molar-refractivity contribution >= 4 is 17.5 Å². The lowest BCUT2D eigenvalue weighted by Gasteiger charge is -2.32. The van der Waals surface area contributed by atoms with Gasteiger partial charge in [-0.1, -0.05) is 17.7 Å². The second kappa shape index (κ2) is 8.61. The highest BCUT2D eigenvalue weighted by Gasteiger charge is 2.31. The molecule has 1 fully saturated rings. The van der Waals surface area contributed by atoms with Gasteiger partial charge in [0.2, 0.25) is 5.91 Å². The van der Waals surface area contributed by atoms with Crippen LogP contribution in [0.5, 0.6) is 0 Å². The SMILES string of the molecule is Cc1ccc(-n2ncc(C(=O)[C@H]3CCCN(C(=O)Cn4nc(C)c(C)c4C)C3)c2N)cc1. The summed E-state index contributed by atoms with van der Waals surface area (Å²) in [6, 6.07) is 7.81. The number of nitrogen functional groups attached to an aromatic ring is 1. The Morgan fingerprint density at radius 2 is 1.84 bits per heavy atom. The lowest BCUT2D eigenvalue weighted by Crippen LogP contribution is -2.44. The van der Waals surface area contributed by atoms with E-state index in [1.165, 1.54) is 6.20 Å². The number of amides is 1. The van der Waals surface area contributed by atoms with Gasteiger partial charge in [-0.25, -0.2) is 4.68 Å². The van der Waals surface area contributed by atoms with Crippen molar-refractivity contribution in [2.24, 2.45) is 5.92 Å². The number of anilines is 1. The van der Waals surface area contributed by atoms with Gasteiger partial charge in [0.05, 0.1) is 23.1 Å². The monoisotopic (exact) mass is 434 g/mol. The lowest BCUT2D eigenvalue weighted by molar-refractivity contribution is -0.133. The molecule has 0 unspecified atom stereocenters. The lowest BCUT2D eigenvalue weighted by atomic mass is 9.90. The Morgan fingerprint density at radius 3 is 2.50 bits per heavy atom. The number of aryl methyl sites for hydroxylation is 2. The number of ketones is 1. The van der Waals surface area contributed by atoms with Crippen LogP contribution in [0.2, 0.25) is 0 Å². The minimum atomic E-state index is -0.284. The van der Waals surface area contributed by atoms with Crippen molar-refractivity contribution in [3.63, 3.8) is 0 Å². The van der Waals surface area contributed by atoms with Crippen LogP contribution in [-0.4, -0.2) is 49.2 Å². The average molecular weight is 435 g/mol. The van der Waals surface area contributed by atoms with Crippen LogP contribution in [0, 0.1) is 33.6 Å². The number of nitrogens with zero attached hydrogens (tertiary/aromatic N) is 5. The molecule has 32 heavy (non-hydrogen) atoms. The summed E-state index contributed by atoms with van der Waals surface area (Å²) < 4.78 is 3.34. The normalized spacial score (nSPS) is 16.4. The predicted octanol–water partition coefficient (Wildman–Crippen LogP) is 3.01. The summed E-state index contributed by atoms with van der Waals surface area (Å²) >= 11 is 0. The topological polar surface area (TPSA) is 99.0 Å². The molecule has 168 valence electrons. The highest BCUT2D eigenvalue weighted by Crippen LogP contribution is 2.26. The summed E-state index contributed by atoms with van der Waals surface area (Å²) in [6.07, 6.45) is 3.05. The molecular weight excluding hydrogens is 404 g/mol. The molecule has 0 aliphatic carbocycles. The zero-order valence-electron chi connectivity index (χ0n) is 19.1. The number of aromatic nitrogens is 4. The molecule has 0 spiro atoms. The third-order valence-electron chi connectivity index (χ3n) is 6.52. The fraction of sp³-hybridized carbons (Fsp3) is 0.417. The van der Waals surface area contributed by atoms with Crippen LogP contribution in [-0.2, 0) is 11.3 Å². The van der Waals surface area contributed by atoms with Crippen LogP contribution in [0.15, 0.2) is 30.5 Å². The van der Waals surface area contributed by atoms with Crippen LogP contribution in [0.1, 0.15) is 45.7 Å². The molecule has 1 amide bonds. The Kier molecular flexibility index (Phi) is 5.86. The Hall–Kier alpha value is -3.42. The number of likely N-dealkylation sites (tertiary alicyclic amines) is 1. The van der Waals surface area contributed by atoms with Crippen LogP contribution < -0.4 is 5.73 Å². The molecule has 1 atom stereocenters. The van der Waals surface area contributed by atoms with E-state index < -0.39 is 0 Å². The summed E-state index contributed by atoms with van der Waals surface area (Å²) in [7, 11) is 0. The fourth-order valence-corrected chi connectivity index (χ4v) is 4.25. The summed E-state index contributed by atoms with van der Waals surface area (Å²) in [4.78, 5) is 28.0. The summed E-state index contributed by atoms with van der Waals surface area (Å²) in [6.45, 7) is 9.17. The number of benzene rings is 1. The molecule has 3 heterocycles. The molecule has 8 nitrogen and oxygen atoms in total. The molecule has 3 aromatic rings. The first-order valence-electron chi connectivity index (χ1n) is 11.0. The second-order valence-electron chi connectivity index (χ2n) is 8.69. The van der Waals surface area contributed by atoms with Crippen LogP contribution >= 0.6 is 0 Å². The number of hydrogen-bond acceptors (Lipinski definition) is 5. The largest absolute Gasteiger partial charge is 0.383 e. The first-order valence-corrected chi connectivity index (χ1v) is 11.0. The Morgan fingerprint density at radius 1 is 1.12 bits per heavy atom. The van der Waals surface area contributed by atoms with Gasteiger partial charge in [0.25, 0.3) is 0 Å². The van der Waals surface area contributed by atoms with Gasteiger partial charge in [-0.05, 0) is 58.2 Å². The van der Waals surface area contributed by atoms with Crippen LogP contribution in [0.25, 0.3) is 5.69 Å². The minimum absolute atomic E-state index is 0.0172. The van der Waals surface area contributed by atoms with E-state index in [0.717, 1.165) is 41.0 Å². The fourth-order valence-electron chi connectivity index (χ4n) is 4.25. The van der Waals surface area contributed by atoms with Crippen molar-refractivity contribution in [3.8, 4) is 5.69 Å². The molecule has 1 saturated heterocycles. The molecule has 8 heteroatoms. The van der Waals surface area contributed by atoms with Gasteiger partial charge in [-0.3, -0.25) is 14.3 Å². The first kappa shape index (κ1) is 21.8. The zero-order valence-corrected chi connectivity index (χ0v) is 19.1. The molecular formula is C24H30N6O2. The van der Waals surface area contributed by atoms with Crippen molar-refractivity contribution in [2.75, 3.05) is 18.8 Å². The van der Waals surface area contributed by atoms with E-state index in [2.05, 4.69) is 10.2 Å². The first-order chi connectivity index (χ1) is 15.3. The minimum Gasteiger partial charge on any atom is -0.383 e. The number of piperidine rings is 1. The van der Waals surface area contributed by atoms with Gasteiger partial charge in [-0.15, -0.1) is 0 Å².